The summed E-state index contributed by atoms with van der Waals surface area (Å²) >= 11 is 0. The van der Waals surface area contributed by atoms with E-state index in [1.165, 1.54) is 4.90 Å². The molecule has 5 heteroatoms. The second kappa shape index (κ2) is 6.10. The molecule has 0 unspecified atom stereocenters. The number of hydrogen-bond acceptors (Lipinski definition) is 3. The zero-order chi connectivity index (χ0) is 15.7. The maximum absolute atomic E-state index is 12.7. The zero-order valence-electron chi connectivity index (χ0n) is 13.3. The third-order valence-electron chi connectivity index (χ3n) is 4.22. The van der Waals surface area contributed by atoms with Gasteiger partial charge in [0.2, 0.25) is 5.78 Å². The average Bonchev–Trinajstić information content (AvgIpc) is 2.88. The smallest absolute Gasteiger partial charge is 0.219 e. The van der Waals surface area contributed by atoms with Gasteiger partial charge in [-0.25, -0.2) is 0 Å². The summed E-state index contributed by atoms with van der Waals surface area (Å²) in [5.41, 5.74) is 1.70. The molecule has 2 aromatic rings. The number of benzene rings is 1. The molecule has 0 bridgehead atoms. The van der Waals surface area contributed by atoms with Gasteiger partial charge in [0.1, 0.15) is 37.6 Å². The molecular weight excluding hydrogens is 280 g/mol. The predicted molar refractivity (Wildman–Crippen MR) is 84.8 cm³/mol. The summed E-state index contributed by atoms with van der Waals surface area (Å²) in [5.74, 6) is 0.929. The molecule has 1 saturated heterocycles. The summed E-state index contributed by atoms with van der Waals surface area (Å²) < 4.78 is 11.0. The Morgan fingerprint density at radius 1 is 1.36 bits per heavy atom. The number of ether oxygens (including phenoxy) is 2. The van der Waals surface area contributed by atoms with Crippen molar-refractivity contribution in [3.63, 3.8) is 0 Å². The maximum Gasteiger partial charge on any atom is 0.219 e. The standard InChI is InChI=1S/C17H22N2O3/c1-11-8-19(9-12(2)22-11)10-17(20)15-7-18-16-5-4-13(21-3)6-14(15)16/h4-7,11-12,18H,8-10H2,1-3H3/p+1/t11-,12-/m0/s1. The van der Waals surface area contributed by atoms with Gasteiger partial charge in [-0.1, -0.05) is 0 Å². The second-order valence-electron chi connectivity index (χ2n) is 6.13. The highest BCUT2D eigenvalue weighted by atomic mass is 16.5. The Bertz CT molecular complexity index is 670. The van der Waals surface area contributed by atoms with Gasteiger partial charge in [0.25, 0.3) is 0 Å². The van der Waals surface area contributed by atoms with E-state index in [4.69, 9.17) is 9.47 Å². The molecular formula is C17H23N2O3+. The van der Waals surface area contributed by atoms with Gasteiger partial charge in [-0.15, -0.1) is 0 Å². The van der Waals surface area contributed by atoms with Crippen LogP contribution in [0.5, 0.6) is 5.75 Å². The number of hydrogen-bond donors (Lipinski definition) is 2. The van der Waals surface area contributed by atoms with E-state index in [9.17, 15) is 4.79 Å². The summed E-state index contributed by atoms with van der Waals surface area (Å²) in [6.45, 7) is 6.39. The fourth-order valence-electron chi connectivity index (χ4n) is 3.31. The van der Waals surface area contributed by atoms with Crippen molar-refractivity contribution in [2.75, 3.05) is 26.7 Å². The van der Waals surface area contributed by atoms with Gasteiger partial charge in [-0.2, -0.15) is 0 Å². The number of carbonyl (C=O) groups is 1. The number of aromatic nitrogens is 1. The molecule has 0 aliphatic carbocycles. The molecule has 22 heavy (non-hydrogen) atoms. The maximum atomic E-state index is 12.7. The van der Waals surface area contributed by atoms with E-state index in [1.807, 2.05) is 18.2 Å². The minimum atomic E-state index is 0.163. The van der Waals surface area contributed by atoms with Crippen LogP contribution in [-0.4, -0.2) is 49.7 Å². The molecule has 2 heterocycles. The number of H-pyrrole nitrogens is 1. The Morgan fingerprint density at radius 3 is 2.77 bits per heavy atom. The lowest BCUT2D eigenvalue weighted by molar-refractivity contribution is -0.906. The summed E-state index contributed by atoms with van der Waals surface area (Å²) in [6, 6.07) is 5.75. The Labute approximate surface area is 130 Å². The van der Waals surface area contributed by atoms with E-state index in [2.05, 4.69) is 18.8 Å². The molecule has 0 spiro atoms. The quantitative estimate of drug-likeness (QED) is 0.830. The van der Waals surface area contributed by atoms with Gasteiger partial charge in [0, 0.05) is 22.7 Å². The van der Waals surface area contributed by atoms with Crippen molar-refractivity contribution in [3.8, 4) is 5.75 Å². The number of aromatic amines is 1. The van der Waals surface area contributed by atoms with Gasteiger partial charge in [0.15, 0.2) is 0 Å². The van der Waals surface area contributed by atoms with Gasteiger partial charge in [-0.3, -0.25) is 4.79 Å². The first-order valence-corrected chi connectivity index (χ1v) is 7.74. The van der Waals surface area contributed by atoms with E-state index in [0.717, 1.165) is 35.3 Å². The molecule has 1 aliphatic heterocycles. The van der Waals surface area contributed by atoms with E-state index in [1.54, 1.807) is 13.3 Å². The highest BCUT2D eigenvalue weighted by Crippen LogP contribution is 2.23. The first kappa shape index (κ1) is 15.1. The lowest BCUT2D eigenvalue weighted by Crippen LogP contribution is -3.16. The Balaban J connectivity index is 1.80. The predicted octanol–water partition coefficient (Wildman–Crippen LogP) is 1.05. The number of carbonyl (C=O) groups excluding carboxylic acids is 1. The number of fused-ring (bicyclic) bond motifs is 1. The van der Waals surface area contributed by atoms with Crippen molar-refractivity contribution in [1.29, 1.82) is 0 Å². The molecule has 0 amide bonds. The first-order valence-electron chi connectivity index (χ1n) is 7.74. The molecule has 2 N–H and O–H groups in total. The summed E-state index contributed by atoms with van der Waals surface area (Å²) in [4.78, 5) is 17.1. The second-order valence-corrected chi connectivity index (χ2v) is 6.13. The van der Waals surface area contributed by atoms with Crippen molar-refractivity contribution in [1.82, 2.24) is 4.98 Å². The van der Waals surface area contributed by atoms with E-state index in [0.29, 0.717) is 6.54 Å². The Hall–Kier alpha value is -1.85. The van der Waals surface area contributed by atoms with E-state index in [-0.39, 0.29) is 18.0 Å². The van der Waals surface area contributed by atoms with Crippen LogP contribution >= 0.6 is 0 Å². The minimum absolute atomic E-state index is 0.163. The molecule has 3 rings (SSSR count). The number of rotatable bonds is 4. The number of nitrogens with one attached hydrogen (secondary N) is 2. The van der Waals surface area contributed by atoms with Crippen LogP contribution in [0.25, 0.3) is 10.9 Å². The molecule has 2 atom stereocenters. The molecule has 118 valence electrons. The minimum Gasteiger partial charge on any atom is -0.497 e. The Kier molecular flexibility index (Phi) is 4.18. The van der Waals surface area contributed by atoms with E-state index >= 15 is 0 Å². The largest absolute Gasteiger partial charge is 0.497 e. The molecule has 1 aromatic carbocycles. The number of Topliss-reactive ketones (excluding diaryl/α,β-unsaturated/α-hetero) is 1. The summed E-state index contributed by atoms with van der Waals surface area (Å²) in [6.07, 6.45) is 2.21. The average molecular weight is 303 g/mol. The van der Waals surface area contributed by atoms with Gasteiger partial charge in [0.05, 0.1) is 7.11 Å². The highest BCUT2D eigenvalue weighted by molar-refractivity contribution is 6.08. The lowest BCUT2D eigenvalue weighted by Gasteiger charge is -2.31. The van der Waals surface area contributed by atoms with Gasteiger partial charge in [-0.05, 0) is 32.0 Å². The van der Waals surface area contributed by atoms with Crippen LogP contribution in [0.4, 0.5) is 0 Å². The lowest BCUT2D eigenvalue weighted by atomic mass is 10.1. The number of methoxy groups -OCH3 is 1. The van der Waals surface area contributed by atoms with Crippen LogP contribution in [0.3, 0.4) is 0 Å². The fourth-order valence-corrected chi connectivity index (χ4v) is 3.31. The molecule has 1 aromatic heterocycles. The Morgan fingerprint density at radius 2 is 2.09 bits per heavy atom. The number of quaternary nitrogens is 1. The van der Waals surface area contributed by atoms with Crippen LogP contribution in [0.15, 0.2) is 24.4 Å². The molecule has 0 saturated carbocycles. The fraction of sp³-hybridized carbons (Fsp3) is 0.471. The normalized spacial score (nSPS) is 25.3. The third kappa shape index (κ3) is 3.00. The van der Waals surface area contributed by atoms with Crippen molar-refractivity contribution in [2.45, 2.75) is 26.1 Å². The molecule has 0 radical (unpaired) electrons. The number of ketones is 1. The molecule has 5 nitrogen and oxygen atoms in total. The SMILES string of the molecule is COc1ccc2[nH]cc(C(=O)C[NH+]3C[C@H](C)O[C@@H](C)C3)c2c1. The van der Waals surface area contributed by atoms with Crippen molar-refractivity contribution >= 4 is 16.7 Å². The van der Waals surface area contributed by atoms with Crippen LogP contribution < -0.4 is 9.64 Å². The highest BCUT2D eigenvalue weighted by Gasteiger charge is 2.28. The van der Waals surface area contributed by atoms with Crippen LogP contribution in [0, 0.1) is 0 Å². The van der Waals surface area contributed by atoms with Crippen LogP contribution in [0.1, 0.15) is 24.2 Å². The topological polar surface area (TPSA) is 55.8 Å². The zero-order valence-corrected chi connectivity index (χ0v) is 13.3. The van der Waals surface area contributed by atoms with Gasteiger partial charge >= 0.3 is 0 Å². The number of morpholine rings is 1. The monoisotopic (exact) mass is 303 g/mol. The first-order chi connectivity index (χ1) is 10.6. The molecule has 1 aliphatic rings. The third-order valence-corrected chi connectivity index (χ3v) is 4.22. The van der Waals surface area contributed by atoms with Crippen molar-refractivity contribution in [3.05, 3.63) is 30.0 Å². The van der Waals surface area contributed by atoms with Crippen LogP contribution in [-0.2, 0) is 4.74 Å². The molecule has 1 fully saturated rings. The van der Waals surface area contributed by atoms with Crippen LogP contribution in [0.2, 0.25) is 0 Å². The summed E-state index contributed by atoms with van der Waals surface area (Å²) in [5, 5.41) is 0.929. The van der Waals surface area contributed by atoms with Crippen molar-refractivity contribution in [2.24, 2.45) is 0 Å². The van der Waals surface area contributed by atoms with Gasteiger partial charge < -0.3 is 19.4 Å². The van der Waals surface area contributed by atoms with Crippen molar-refractivity contribution < 1.29 is 19.2 Å². The van der Waals surface area contributed by atoms with E-state index < -0.39 is 0 Å². The summed E-state index contributed by atoms with van der Waals surface area (Å²) in [7, 11) is 1.63.